The van der Waals surface area contributed by atoms with Gasteiger partial charge in [0.05, 0.1) is 13.3 Å². The second-order valence-corrected chi connectivity index (χ2v) is 5.33. The normalized spacial score (nSPS) is 10.5. The van der Waals surface area contributed by atoms with Crippen molar-refractivity contribution < 1.29 is 4.74 Å². The summed E-state index contributed by atoms with van der Waals surface area (Å²) in [6.45, 7) is 4.10. The summed E-state index contributed by atoms with van der Waals surface area (Å²) in [5.41, 5.74) is 7.07. The summed E-state index contributed by atoms with van der Waals surface area (Å²) in [6.07, 6.45) is 1.69. The number of hydrogen-bond acceptors (Lipinski definition) is 3. The van der Waals surface area contributed by atoms with E-state index < -0.39 is 0 Å². The summed E-state index contributed by atoms with van der Waals surface area (Å²) in [7, 11) is 1.64. The molecular weight excluding hydrogens is 294 g/mol. The number of rotatable bonds is 4. The fourth-order valence-corrected chi connectivity index (χ4v) is 2.15. The van der Waals surface area contributed by atoms with Crippen LogP contribution in [0.2, 0.25) is 0 Å². The number of nitrogens with zero attached hydrogens (tertiary/aromatic N) is 1. The van der Waals surface area contributed by atoms with Crippen LogP contribution in [0, 0.1) is 13.8 Å². The number of hydrogen-bond donors (Lipinski definition) is 2. The molecule has 0 spiro atoms. The number of hydrazone groups is 1. The molecule has 2 aromatic carbocycles. The Kier molecular flexibility index (Phi) is 5.49. The van der Waals surface area contributed by atoms with E-state index in [4.69, 9.17) is 17.0 Å². The van der Waals surface area contributed by atoms with Crippen molar-refractivity contribution in [3.8, 4) is 5.75 Å². The molecule has 0 atom stereocenters. The number of thiocarbonyl (C=S) groups is 1. The third kappa shape index (κ3) is 4.56. The Morgan fingerprint density at radius 1 is 1.18 bits per heavy atom. The van der Waals surface area contributed by atoms with Crippen molar-refractivity contribution >= 4 is 29.2 Å². The van der Waals surface area contributed by atoms with E-state index in [-0.39, 0.29) is 0 Å². The number of methoxy groups -OCH3 is 1. The first-order valence-corrected chi connectivity index (χ1v) is 7.30. The second-order valence-electron chi connectivity index (χ2n) is 4.92. The lowest BCUT2D eigenvalue weighted by Gasteiger charge is -2.10. The molecule has 0 fully saturated rings. The molecule has 0 aromatic heterocycles. The second kappa shape index (κ2) is 7.56. The van der Waals surface area contributed by atoms with Crippen LogP contribution in [-0.4, -0.2) is 18.4 Å². The van der Waals surface area contributed by atoms with Crippen molar-refractivity contribution in [2.75, 3.05) is 12.4 Å². The van der Waals surface area contributed by atoms with Gasteiger partial charge in [-0.05, 0) is 55.4 Å². The van der Waals surface area contributed by atoms with Crippen molar-refractivity contribution in [2.45, 2.75) is 13.8 Å². The lowest BCUT2D eigenvalue weighted by atomic mass is 10.1. The highest BCUT2D eigenvalue weighted by Crippen LogP contribution is 2.15. The lowest BCUT2D eigenvalue weighted by molar-refractivity contribution is 0.415. The van der Waals surface area contributed by atoms with E-state index in [2.05, 4.69) is 28.8 Å². The van der Waals surface area contributed by atoms with Crippen LogP contribution < -0.4 is 15.5 Å². The van der Waals surface area contributed by atoms with Gasteiger partial charge in [-0.3, -0.25) is 5.43 Å². The molecule has 114 valence electrons. The van der Waals surface area contributed by atoms with Crippen molar-refractivity contribution in [2.24, 2.45) is 5.10 Å². The van der Waals surface area contributed by atoms with Crippen molar-refractivity contribution in [3.63, 3.8) is 0 Å². The Bertz CT molecular complexity index is 698. The Labute approximate surface area is 136 Å². The smallest absolute Gasteiger partial charge is 0.191 e. The molecule has 2 rings (SSSR count). The number of ether oxygens (including phenoxy) is 1. The van der Waals surface area contributed by atoms with Crippen LogP contribution in [0.5, 0.6) is 5.75 Å². The molecule has 0 saturated carbocycles. The zero-order valence-corrected chi connectivity index (χ0v) is 13.7. The average Bonchev–Trinajstić information content (AvgIpc) is 2.50. The SMILES string of the molecule is COc1cccc(/C=N/NC(=S)Nc2ccc(C)cc2C)c1. The van der Waals surface area contributed by atoms with Gasteiger partial charge in [0.15, 0.2) is 5.11 Å². The Morgan fingerprint density at radius 2 is 2.00 bits per heavy atom. The molecule has 0 radical (unpaired) electrons. The predicted molar refractivity (Wildman–Crippen MR) is 95.9 cm³/mol. The summed E-state index contributed by atoms with van der Waals surface area (Å²) in [6, 6.07) is 13.8. The van der Waals surface area contributed by atoms with E-state index in [1.165, 1.54) is 5.56 Å². The highest BCUT2D eigenvalue weighted by atomic mass is 32.1. The molecule has 0 saturated heterocycles. The molecule has 0 heterocycles. The van der Waals surface area contributed by atoms with Crippen LogP contribution in [0.15, 0.2) is 47.6 Å². The minimum atomic E-state index is 0.450. The van der Waals surface area contributed by atoms with Crippen LogP contribution in [0.25, 0.3) is 0 Å². The largest absolute Gasteiger partial charge is 0.497 e. The third-order valence-corrected chi connectivity index (χ3v) is 3.30. The van der Waals surface area contributed by atoms with Gasteiger partial charge < -0.3 is 10.1 Å². The van der Waals surface area contributed by atoms with Gasteiger partial charge in [0.2, 0.25) is 0 Å². The third-order valence-electron chi connectivity index (χ3n) is 3.10. The molecule has 5 heteroatoms. The van der Waals surface area contributed by atoms with E-state index in [9.17, 15) is 0 Å². The average molecular weight is 313 g/mol. The minimum Gasteiger partial charge on any atom is -0.497 e. The summed E-state index contributed by atoms with van der Waals surface area (Å²) in [5.74, 6) is 0.792. The molecule has 0 aliphatic rings. The number of nitrogens with one attached hydrogen (secondary N) is 2. The first-order chi connectivity index (χ1) is 10.6. The maximum Gasteiger partial charge on any atom is 0.191 e. The molecule has 0 amide bonds. The van der Waals surface area contributed by atoms with Crippen LogP contribution >= 0.6 is 12.2 Å². The Morgan fingerprint density at radius 3 is 2.73 bits per heavy atom. The highest BCUT2D eigenvalue weighted by molar-refractivity contribution is 7.80. The monoisotopic (exact) mass is 313 g/mol. The summed E-state index contributed by atoms with van der Waals surface area (Å²) in [5, 5.41) is 7.70. The van der Waals surface area contributed by atoms with Crippen LogP contribution in [0.4, 0.5) is 5.69 Å². The van der Waals surface area contributed by atoms with Crippen LogP contribution in [0.1, 0.15) is 16.7 Å². The van der Waals surface area contributed by atoms with Gasteiger partial charge in [-0.2, -0.15) is 5.10 Å². The lowest BCUT2D eigenvalue weighted by Crippen LogP contribution is -2.24. The first-order valence-electron chi connectivity index (χ1n) is 6.90. The molecule has 2 aromatic rings. The Balaban J connectivity index is 1.93. The molecule has 0 unspecified atom stereocenters. The zero-order valence-electron chi connectivity index (χ0n) is 12.9. The van der Waals surface area contributed by atoms with Gasteiger partial charge in [0.1, 0.15) is 5.75 Å². The molecular formula is C17H19N3OS. The van der Waals surface area contributed by atoms with E-state index in [0.29, 0.717) is 5.11 Å². The van der Waals surface area contributed by atoms with Crippen molar-refractivity contribution in [1.29, 1.82) is 0 Å². The molecule has 2 N–H and O–H groups in total. The van der Waals surface area contributed by atoms with Gasteiger partial charge in [-0.15, -0.1) is 0 Å². The van der Waals surface area contributed by atoms with Crippen LogP contribution in [0.3, 0.4) is 0 Å². The topological polar surface area (TPSA) is 45.6 Å². The maximum absolute atomic E-state index is 5.23. The van der Waals surface area contributed by atoms with Gasteiger partial charge in [-0.1, -0.05) is 29.8 Å². The molecule has 22 heavy (non-hydrogen) atoms. The predicted octanol–water partition coefficient (Wildman–Crippen LogP) is 3.63. The number of benzene rings is 2. The van der Waals surface area contributed by atoms with Crippen molar-refractivity contribution in [3.05, 3.63) is 59.2 Å². The van der Waals surface area contributed by atoms with Crippen molar-refractivity contribution in [1.82, 2.24) is 5.43 Å². The fraction of sp³-hybridized carbons (Fsp3) is 0.176. The fourth-order valence-electron chi connectivity index (χ4n) is 1.99. The Hall–Kier alpha value is -2.40. The quantitative estimate of drug-likeness (QED) is 0.514. The van der Waals surface area contributed by atoms with Gasteiger partial charge in [-0.25, -0.2) is 0 Å². The number of aryl methyl sites for hydroxylation is 2. The van der Waals surface area contributed by atoms with E-state index in [0.717, 1.165) is 22.6 Å². The van der Waals surface area contributed by atoms with E-state index in [1.54, 1.807) is 13.3 Å². The standard InChI is InChI=1S/C17H19N3OS/c1-12-7-8-16(13(2)9-12)19-17(22)20-18-11-14-5-4-6-15(10-14)21-3/h4-11H,1-3H3,(H2,19,20,22)/b18-11+. The van der Waals surface area contributed by atoms with Gasteiger partial charge in [0.25, 0.3) is 0 Å². The molecule has 4 nitrogen and oxygen atoms in total. The first kappa shape index (κ1) is 16.0. The van der Waals surface area contributed by atoms with Crippen LogP contribution in [-0.2, 0) is 0 Å². The molecule has 0 bridgehead atoms. The minimum absolute atomic E-state index is 0.450. The van der Waals surface area contributed by atoms with E-state index >= 15 is 0 Å². The summed E-state index contributed by atoms with van der Waals surface area (Å²) < 4.78 is 5.16. The highest BCUT2D eigenvalue weighted by Gasteiger charge is 2.00. The maximum atomic E-state index is 5.23. The summed E-state index contributed by atoms with van der Waals surface area (Å²) in [4.78, 5) is 0. The van der Waals surface area contributed by atoms with E-state index in [1.807, 2.05) is 43.3 Å². The summed E-state index contributed by atoms with van der Waals surface area (Å²) >= 11 is 5.23. The molecule has 0 aliphatic heterocycles. The van der Waals surface area contributed by atoms with Gasteiger partial charge >= 0.3 is 0 Å². The zero-order chi connectivity index (χ0) is 15.9. The number of anilines is 1. The molecule has 0 aliphatic carbocycles. The van der Waals surface area contributed by atoms with Gasteiger partial charge in [0, 0.05) is 5.69 Å².